The number of benzene rings is 2. The second kappa shape index (κ2) is 8.43. The average Bonchev–Trinajstić information content (AvgIpc) is 2.41. The first-order valence-electron chi connectivity index (χ1n) is 5.14. The minimum atomic E-state index is -1.13. The molecule has 0 N–H and O–H groups in total. The van der Waals surface area contributed by atoms with Gasteiger partial charge in [-0.1, -0.05) is 60.7 Å². The van der Waals surface area contributed by atoms with Gasteiger partial charge in [-0.3, -0.25) is 0 Å². The van der Waals surface area contributed by atoms with Crippen molar-refractivity contribution < 1.29 is 25.3 Å². The Labute approximate surface area is 110 Å². The third kappa shape index (κ3) is 5.99. The van der Waals surface area contributed by atoms with Crippen LogP contribution in [0.15, 0.2) is 60.7 Å². The number of aromatic carboxylic acids is 2. The third-order valence-electron chi connectivity index (χ3n) is 2.02. The van der Waals surface area contributed by atoms with Crippen molar-refractivity contribution in [3.05, 3.63) is 71.8 Å². The minimum absolute atomic E-state index is 0. The van der Waals surface area contributed by atoms with Gasteiger partial charge < -0.3 is 19.8 Å². The van der Waals surface area contributed by atoms with Gasteiger partial charge in [0.25, 0.3) is 0 Å². The average molecular weight is 258 g/mol. The van der Waals surface area contributed by atoms with Gasteiger partial charge in [0.1, 0.15) is 0 Å². The first-order chi connectivity index (χ1) is 8.61. The van der Waals surface area contributed by atoms with Crippen LogP contribution in [-0.4, -0.2) is 11.9 Å². The lowest BCUT2D eigenvalue weighted by Crippen LogP contribution is -2.21. The van der Waals surface area contributed by atoms with Crippen LogP contribution in [0.3, 0.4) is 0 Å². The summed E-state index contributed by atoms with van der Waals surface area (Å²) in [6, 6.07) is 16.1. The Morgan fingerprint density at radius 1 is 0.632 bits per heavy atom. The van der Waals surface area contributed by atoms with Gasteiger partial charge in [-0.25, -0.2) is 0 Å². The minimum Gasteiger partial charge on any atom is -0.545 e. The highest BCUT2D eigenvalue weighted by atomic mass is 16.4. The van der Waals surface area contributed by atoms with Gasteiger partial charge in [0.05, 0.1) is 11.9 Å². The van der Waals surface area contributed by atoms with Crippen LogP contribution in [0.25, 0.3) is 0 Å². The summed E-state index contributed by atoms with van der Waals surface area (Å²) in [7, 11) is 0. The van der Waals surface area contributed by atoms with Crippen LogP contribution in [0.5, 0.6) is 0 Å². The summed E-state index contributed by atoms with van der Waals surface area (Å²) in [5, 5.41) is 20.2. The SMILES string of the molecule is O=C([O-])c1ccccc1.O=C([O-])c1ccccc1.[O+2]. The highest BCUT2D eigenvalue weighted by Crippen LogP contribution is 1.95. The Bertz CT molecular complexity index is 458. The van der Waals surface area contributed by atoms with Crippen molar-refractivity contribution in [2.45, 2.75) is 0 Å². The van der Waals surface area contributed by atoms with Gasteiger partial charge in [0, 0.05) is 0 Å². The van der Waals surface area contributed by atoms with Crippen LogP contribution in [0, 0.1) is 0 Å². The molecule has 2 aromatic carbocycles. The molecule has 4 radical (unpaired) electrons. The van der Waals surface area contributed by atoms with E-state index in [1.165, 1.54) is 24.3 Å². The van der Waals surface area contributed by atoms with Gasteiger partial charge in [-0.2, -0.15) is 0 Å². The molecule has 0 saturated heterocycles. The maximum atomic E-state index is 10.1. The summed E-state index contributed by atoms with van der Waals surface area (Å²) in [6.45, 7) is 0. The monoisotopic (exact) mass is 258 g/mol. The molecular formula is C14H10O5. The van der Waals surface area contributed by atoms with Crippen LogP contribution in [0.1, 0.15) is 20.7 Å². The molecule has 0 aliphatic heterocycles. The Morgan fingerprint density at radius 2 is 0.895 bits per heavy atom. The zero-order valence-electron chi connectivity index (χ0n) is 9.81. The summed E-state index contributed by atoms with van der Waals surface area (Å²) >= 11 is 0. The number of carboxylic acid groups (broad SMARTS) is 2. The van der Waals surface area contributed by atoms with Crippen LogP contribution < -0.4 is 10.2 Å². The molecule has 0 saturated carbocycles. The first-order valence-corrected chi connectivity index (χ1v) is 5.14. The molecule has 0 aliphatic rings. The van der Waals surface area contributed by atoms with E-state index in [0.717, 1.165) is 0 Å². The summed E-state index contributed by atoms with van der Waals surface area (Å²) in [6.07, 6.45) is 0. The predicted octanol–water partition coefficient (Wildman–Crippen LogP) is -0.0186. The van der Waals surface area contributed by atoms with E-state index >= 15 is 0 Å². The molecule has 96 valence electrons. The van der Waals surface area contributed by atoms with Crippen LogP contribution in [-0.2, 0) is 5.48 Å². The molecule has 0 atom stereocenters. The topological polar surface area (TPSA) is 109 Å². The Morgan fingerprint density at radius 3 is 1.05 bits per heavy atom. The molecule has 5 heteroatoms. The summed E-state index contributed by atoms with van der Waals surface area (Å²) in [4.78, 5) is 20.2. The van der Waals surface area contributed by atoms with E-state index in [1.54, 1.807) is 36.4 Å². The van der Waals surface area contributed by atoms with E-state index in [2.05, 4.69) is 0 Å². The predicted molar refractivity (Wildman–Crippen MR) is 62.2 cm³/mol. The lowest BCUT2D eigenvalue weighted by molar-refractivity contribution is -0.256. The summed E-state index contributed by atoms with van der Waals surface area (Å²) in [5.74, 6) is -2.26. The van der Waals surface area contributed by atoms with Crippen LogP contribution in [0.4, 0.5) is 0 Å². The number of carbonyl (C=O) groups excluding carboxylic acids is 2. The van der Waals surface area contributed by atoms with Gasteiger partial charge >= 0.3 is 5.48 Å². The molecule has 0 aliphatic carbocycles. The standard InChI is InChI=1S/2C7H6O2.O/c2*8-7(9)6-4-2-1-3-5-6;/h2*1-5H,(H,8,9);/q;;+2/p-2. The largest absolute Gasteiger partial charge is 2.00 e. The lowest BCUT2D eigenvalue weighted by Gasteiger charge is -1.97. The van der Waals surface area contributed by atoms with E-state index in [0.29, 0.717) is 0 Å². The van der Waals surface area contributed by atoms with Crippen molar-refractivity contribution in [1.29, 1.82) is 0 Å². The van der Waals surface area contributed by atoms with Crippen molar-refractivity contribution in [1.82, 2.24) is 0 Å². The van der Waals surface area contributed by atoms with Gasteiger partial charge in [0.15, 0.2) is 0 Å². The van der Waals surface area contributed by atoms with Crippen molar-refractivity contribution in [3.8, 4) is 0 Å². The number of carbonyl (C=O) groups is 2. The van der Waals surface area contributed by atoms with E-state index in [1.807, 2.05) is 0 Å². The van der Waals surface area contributed by atoms with E-state index < -0.39 is 11.9 Å². The van der Waals surface area contributed by atoms with Crippen LogP contribution >= 0.6 is 0 Å². The fourth-order valence-electron chi connectivity index (χ4n) is 1.15. The zero-order valence-corrected chi connectivity index (χ0v) is 9.81. The van der Waals surface area contributed by atoms with Crippen molar-refractivity contribution in [2.24, 2.45) is 0 Å². The second-order valence-electron chi connectivity index (χ2n) is 3.31. The molecule has 2 aromatic rings. The van der Waals surface area contributed by atoms with Crippen molar-refractivity contribution >= 4 is 11.9 Å². The molecule has 0 heterocycles. The Balaban J connectivity index is 0.000000324. The molecule has 0 unspecified atom stereocenters. The number of rotatable bonds is 2. The van der Waals surface area contributed by atoms with Gasteiger partial charge in [0.2, 0.25) is 0 Å². The Kier molecular flexibility index (Phi) is 7.25. The summed E-state index contributed by atoms with van der Waals surface area (Å²) < 4.78 is 0. The quantitative estimate of drug-likeness (QED) is 0.753. The van der Waals surface area contributed by atoms with E-state index in [9.17, 15) is 19.8 Å². The molecule has 5 nitrogen and oxygen atoms in total. The molecule has 0 amide bonds. The van der Waals surface area contributed by atoms with Crippen molar-refractivity contribution in [3.63, 3.8) is 0 Å². The van der Waals surface area contributed by atoms with Gasteiger partial charge in [-0.05, 0) is 11.1 Å². The molecule has 2 rings (SSSR count). The van der Waals surface area contributed by atoms with Crippen molar-refractivity contribution in [2.75, 3.05) is 0 Å². The smallest absolute Gasteiger partial charge is 0.545 e. The Hall–Kier alpha value is -2.66. The second-order valence-corrected chi connectivity index (χ2v) is 3.31. The van der Waals surface area contributed by atoms with E-state index in [4.69, 9.17) is 0 Å². The maximum Gasteiger partial charge on any atom is 2.00 e. The third-order valence-corrected chi connectivity index (χ3v) is 2.02. The fraction of sp³-hybridized carbons (Fsp3) is 0. The highest BCUT2D eigenvalue weighted by molar-refractivity contribution is 5.85. The van der Waals surface area contributed by atoms with Gasteiger partial charge in [-0.15, -0.1) is 0 Å². The van der Waals surface area contributed by atoms with Crippen LogP contribution in [0.2, 0.25) is 0 Å². The molecule has 19 heavy (non-hydrogen) atoms. The maximum absolute atomic E-state index is 10.1. The zero-order chi connectivity index (χ0) is 13.4. The highest BCUT2D eigenvalue weighted by Gasteiger charge is 2.00. The number of carboxylic acids is 2. The first kappa shape index (κ1) is 16.3. The summed E-state index contributed by atoms with van der Waals surface area (Å²) in [5.41, 5.74) is 0.440. The molecule has 0 aromatic heterocycles. The van der Waals surface area contributed by atoms with E-state index in [-0.39, 0.29) is 16.6 Å². The molecule has 0 bridgehead atoms. The molecule has 0 fully saturated rings. The fourth-order valence-corrected chi connectivity index (χ4v) is 1.15. The normalized spacial score (nSPS) is 8.42. The molecule has 0 spiro atoms. The number of hydrogen-bond donors (Lipinski definition) is 0. The lowest BCUT2D eigenvalue weighted by atomic mass is 10.2. The number of hydrogen-bond acceptors (Lipinski definition) is 4. The molecular weight excluding hydrogens is 248 g/mol.